The molecule has 1 heterocycles. The van der Waals surface area contributed by atoms with Crippen molar-refractivity contribution in [3.05, 3.63) is 48.5 Å². The molecule has 0 amide bonds. The van der Waals surface area contributed by atoms with E-state index in [2.05, 4.69) is 29.2 Å². The Kier molecular flexibility index (Phi) is 4.15. The zero-order valence-electron chi connectivity index (χ0n) is 8.96. The summed E-state index contributed by atoms with van der Waals surface area (Å²) in [7, 11) is 0. The Labute approximate surface area is 113 Å². The topological polar surface area (TPSA) is 15.8 Å². The predicted octanol–water partition coefficient (Wildman–Crippen LogP) is -3.07. The fourth-order valence-electron chi connectivity index (χ4n) is 1.64. The third kappa shape index (κ3) is 2.03. The Hall–Kier alpha value is -0.565. The summed E-state index contributed by atoms with van der Waals surface area (Å²) in [6.07, 6.45) is 0. The third-order valence-corrected chi connectivity index (χ3v) is 2.23. The zero-order valence-corrected chi connectivity index (χ0v) is 8.96. The minimum absolute atomic E-state index is 0. The smallest absolute Gasteiger partial charge is 0.450 e. The van der Waals surface area contributed by atoms with Gasteiger partial charge in [0.25, 0.3) is 0 Å². The van der Waals surface area contributed by atoms with Crippen molar-refractivity contribution < 1.29 is 37.7 Å². The van der Waals surface area contributed by atoms with Crippen LogP contribution in [0.2, 0.25) is 0 Å². The van der Waals surface area contributed by atoms with Gasteiger partial charge in [-0.3, -0.25) is 0 Å². The first-order valence-corrected chi connectivity index (χ1v) is 4.24. The maximum Gasteiger partial charge on any atom is 1.00 e. The van der Waals surface area contributed by atoms with Gasteiger partial charge in [-0.05, 0) is 0 Å². The molecular weight excluding hydrogens is 172 g/mol. The van der Waals surface area contributed by atoms with Crippen LogP contribution in [0.3, 0.4) is 0 Å². The summed E-state index contributed by atoms with van der Waals surface area (Å²) < 4.78 is 0. The summed E-state index contributed by atoms with van der Waals surface area (Å²) in [6.45, 7) is 0. The van der Waals surface area contributed by atoms with Gasteiger partial charge in [-0.2, -0.15) is 24.3 Å². The first kappa shape index (κ1) is 12.5. The summed E-state index contributed by atoms with van der Waals surface area (Å²) >= 11 is 0. The molecule has 1 aromatic heterocycles. The van der Waals surface area contributed by atoms with Crippen LogP contribution in [0.15, 0.2) is 36.4 Å². The van der Waals surface area contributed by atoms with Gasteiger partial charge in [0.1, 0.15) is 0 Å². The van der Waals surface area contributed by atoms with Gasteiger partial charge in [0.05, 0.1) is 0 Å². The zero-order chi connectivity index (χ0) is 8.67. The third-order valence-electron chi connectivity index (χ3n) is 2.23. The first-order chi connectivity index (χ1) is 6.45. The molecule has 3 heteroatoms. The van der Waals surface area contributed by atoms with E-state index in [9.17, 15) is 0 Å². The minimum atomic E-state index is 0. The number of hydrogen-bond acceptors (Lipinski definition) is 0. The molecule has 0 saturated heterocycles. The van der Waals surface area contributed by atoms with Crippen LogP contribution >= 0.6 is 0 Å². The molecule has 1 N–H and O–H groups in total. The molecule has 1 nitrogen and oxygen atoms in total. The average Bonchev–Trinajstić information content (AvgIpc) is 2.56. The molecule has 3 rings (SSSR count). The van der Waals surface area contributed by atoms with Crippen LogP contribution in [0.25, 0.3) is 21.8 Å². The molecule has 0 spiro atoms. The molecule has 15 heavy (non-hydrogen) atoms. The van der Waals surface area contributed by atoms with Crippen LogP contribution in [0.1, 0.15) is 0 Å². The minimum Gasteiger partial charge on any atom is -0.450 e. The molecule has 0 fully saturated rings. The molecule has 0 saturated carbocycles. The van der Waals surface area contributed by atoms with Crippen LogP contribution in [-0.4, -0.2) is 4.98 Å². The quantitative estimate of drug-likeness (QED) is 0.278. The first-order valence-electron chi connectivity index (χ1n) is 4.24. The number of aromatic amines is 1. The van der Waals surface area contributed by atoms with Gasteiger partial charge >= 0.3 is 37.7 Å². The molecule has 0 aliphatic carbocycles. The van der Waals surface area contributed by atoms with Gasteiger partial charge in [-0.1, -0.05) is 11.0 Å². The van der Waals surface area contributed by atoms with E-state index in [4.69, 9.17) is 0 Å². The Morgan fingerprint density at radius 2 is 1.27 bits per heavy atom. The number of benzene rings is 2. The second-order valence-electron chi connectivity index (χ2n) is 3.04. The van der Waals surface area contributed by atoms with E-state index < -0.39 is 0 Å². The Bertz CT molecular complexity index is 521. The van der Waals surface area contributed by atoms with E-state index >= 15 is 0 Å². The fourth-order valence-corrected chi connectivity index (χ4v) is 1.64. The number of H-pyrrole nitrogens is 1. The Balaban J connectivity index is 0.000000562. The van der Waals surface area contributed by atoms with Gasteiger partial charge in [-0.25, -0.2) is 10.8 Å². The fraction of sp³-hybridized carbons (Fsp3) is 0. The summed E-state index contributed by atoms with van der Waals surface area (Å²) in [4.78, 5) is 3.32. The number of aromatic nitrogens is 1. The standard InChI is InChI=1S/C12H7N.2Li/c1-3-7-11-9(5-1)10-6-2-4-8-12(10)13-11;;/h1-4,7-8,13H;;/q-2;2*+1. The van der Waals surface area contributed by atoms with E-state index in [1.165, 1.54) is 0 Å². The molecule has 0 aliphatic rings. The molecule has 0 bridgehead atoms. The molecule has 0 atom stereocenters. The van der Waals surface area contributed by atoms with Gasteiger partial charge < -0.3 is 4.98 Å². The van der Waals surface area contributed by atoms with Gasteiger partial charge in [-0.15, -0.1) is 24.3 Å². The largest absolute Gasteiger partial charge is 1.00 e. The van der Waals surface area contributed by atoms with Gasteiger partial charge in [0.15, 0.2) is 0 Å². The maximum absolute atomic E-state index is 3.32. The van der Waals surface area contributed by atoms with Crippen molar-refractivity contribution in [2.45, 2.75) is 0 Å². The van der Waals surface area contributed by atoms with E-state index in [1.807, 2.05) is 24.3 Å². The monoisotopic (exact) mass is 179 g/mol. The number of hydrogen-bond donors (Lipinski definition) is 1. The molecule has 2 aromatic carbocycles. The SMILES string of the molecule is [Li+].[Li+].[c-]1cccc2[nH]c3ccc[c-]c3c12. The van der Waals surface area contributed by atoms with Crippen molar-refractivity contribution in [3.8, 4) is 0 Å². The van der Waals surface area contributed by atoms with Crippen molar-refractivity contribution in [1.82, 2.24) is 4.98 Å². The molecule has 0 unspecified atom stereocenters. The Morgan fingerprint density at radius 1 is 0.800 bits per heavy atom. The van der Waals surface area contributed by atoms with Crippen molar-refractivity contribution in [3.63, 3.8) is 0 Å². The molecular formula is C12H7Li2N. The molecule has 62 valence electrons. The van der Waals surface area contributed by atoms with Crippen LogP contribution in [0, 0.1) is 12.1 Å². The van der Waals surface area contributed by atoms with Crippen molar-refractivity contribution in [2.75, 3.05) is 0 Å². The summed E-state index contributed by atoms with van der Waals surface area (Å²) in [5.74, 6) is 0. The predicted molar refractivity (Wildman–Crippen MR) is 53.5 cm³/mol. The normalized spacial score (nSPS) is 9.60. The maximum atomic E-state index is 3.32. The van der Waals surface area contributed by atoms with Crippen LogP contribution < -0.4 is 37.7 Å². The van der Waals surface area contributed by atoms with E-state index in [-0.39, 0.29) is 37.7 Å². The second-order valence-corrected chi connectivity index (χ2v) is 3.04. The van der Waals surface area contributed by atoms with Crippen LogP contribution in [-0.2, 0) is 0 Å². The molecule has 3 aromatic rings. The van der Waals surface area contributed by atoms with Crippen LogP contribution in [0.5, 0.6) is 0 Å². The Morgan fingerprint density at radius 3 is 1.73 bits per heavy atom. The van der Waals surface area contributed by atoms with Gasteiger partial charge in [0.2, 0.25) is 0 Å². The van der Waals surface area contributed by atoms with E-state index in [0.717, 1.165) is 21.8 Å². The summed E-state index contributed by atoms with van der Waals surface area (Å²) in [6, 6.07) is 18.4. The number of fused-ring (bicyclic) bond motifs is 3. The number of nitrogens with one attached hydrogen (secondary N) is 1. The summed E-state index contributed by atoms with van der Waals surface area (Å²) in [5.41, 5.74) is 2.25. The van der Waals surface area contributed by atoms with Gasteiger partial charge in [0, 0.05) is 0 Å². The molecule has 0 aliphatic heterocycles. The van der Waals surface area contributed by atoms with Crippen LogP contribution in [0.4, 0.5) is 0 Å². The van der Waals surface area contributed by atoms with Crippen molar-refractivity contribution >= 4 is 21.8 Å². The summed E-state index contributed by atoms with van der Waals surface area (Å²) in [5, 5.41) is 2.25. The van der Waals surface area contributed by atoms with Crippen molar-refractivity contribution in [1.29, 1.82) is 0 Å². The van der Waals surface area contributed by atoms with E-state index in [0.29, 0.717) is 0 Å². The molecule has 0 radical (unpaired) electrons. The average molecular weight is 179 g/mol. The number of rotatable bonds is 0. The second kappa shape index (κ2) is 4.97. The van der Waals surface area contributed by atoms with E-state index in [1.54, 1.807) is 0 Å². The van der Waals surface area contributed by atoms with Crippen molar-refractivity contribution in [2.24, 2.45) is 0 Å².